The maximum atomic E-state index is 12.6. The van der Waals surface area contributed by atoms with E-state index in [-0.39, 0.29) is 17.9 Å². The number of carbonyl (C=O) groups excluding carboxylic acids is 2. The third-order valence-corrected chi connectivity index (χ3v) is 5.52. The Balaban J connectivity index is 1.37. The minimum atomic E-state index is -0.347. The van der Waals surface area contributed by atoms with E-state index in [9.17, 15) is 9.59 Å². The van der Waals surface area contributed by atoms with Crippen molar-refractivity contribution in [3.8, 4) is 11.4 Å². The van der Waals surface area contributed by atoms with Crippen molar-refractivity contribution in [2.24, 2.45) is 5.92 Å². The Morgan fingerprint density at radius 3 is 3.12 bits per heavy atom. The lowest BCUT2D eigenvalue weighted by molar-refractivity contribution is -0.136. The van der Waals surface area contributed by atoms with Crippen molar-refractivity contribution in [1.29, 1.82) is 0 Å². The molecule has 25 heavy (non-hydrogen) atoms. The lowest BCUT2D eigenvalue weighted by atomic mass is 9.94. The van der Waals surface area contributed by atoms with E-state index < -0.39 is 0 Å². The zero-order chi connectivity index (χ0) is 17.2. The molecule has 2 unspecified atom stereocenters. The van der Waals surface area contributed by atoms with Crippen LogP contribution in [-0.2, 0) is 16.0 Å². The van der Waals surface area contributed by atoms with E-state index in [1.165, 1.54) is 0 Å². The third kappa shape index (κ3) is 3.58. The number of nitrogens with one attached hydrogen (secondary N) is 1. The van der Waals surface area contributed by atoms with Gasteiger partial charge in [-0.2, -0.15) is 16.3 Å². The van der Waals surface area contributed by atoms with Crippen LogP contribution in [-0.4, -0.2) is 46.0 Å². The average molecular weight is 360 g/mol. The van der Waals surface area contributed by atoms with Gasteiger partial charge in [0.15, 0.2) is 0 Å². The normalized spacial score (nSPS) is 23.7. The predicted molar refractivity (Wildman–Crippen MR) is 91.8 cm³/mol. The number of aromatic nitrogens is 2. The summed E-state index contributed by atoms with van der Waals surface area (Å²) in [6.45, 7) is 1.44. The standard InChI is InChI=1S/C17H20N4O3S/c22-14-4-3-13(18-14)17(23)21-6-1-2-11(9-21)8-15-19-16(20-24-15)12-5-7-25-10-12/h5,7,10-11,13H,1-4,6,8-9H2,(H,18,22). The van der Waals surface area contributed by atoms with Crippen LogP contribution in [0.15, 0.2) is 21.3 Å². The summed E-state index contributed by atoms with van der Waals surface area (Å²) in [5, 5.41) is 10.8. The van der Waals surface area contributed by atoms with Crippen molar-refractivity contribution >= 4 is 23.2 Å². The molecule has 8 heteroatoms. The van der Waals surface area contributed by atoms with E-state index in [1.807, 2.05) is 21.7 Å². The maximum absolute atomic E-state index is 12.6. The first-order valence-corrected chi connectivity index (χ1v) is 9.56. The van der Waals surface area contributed by atoms with Crippen LogP contribution in [0.1, 0.15) is 31.6 Å². The number of hydrogen-bond donors (Lipinski definition) is 1. The molecule has 0 bridgehead atoms. The molecule has 132 valence electrons. The van der Waals surface area contributed by atoms with Crippen molar-refractivity contribution in [2.45, 2.75) is 38.1 Å². The highest BCUT2D eigenvalue weighted by Crippen LogP contribution is 2.24. The Morgan fingerprint density at radius 1 is 1.44 bits per heavy atom. The summed E-state index contributed by atoms with van der Waals surface area (Å²) in [5.74, 6) is 1.56. The van der Waals surface area contributed by atoms with Crippen LogP contribution >= 0.6 is 11.3 Å². The van der Waals surface area contributed by atoms with Gasteiger partial charge >= 0.3 is 0 Å². The van der Waals surface area contributed by atoms with E-state index >= 15 is 0 Å². The predicted octanol–water partition coefficient (Wildman–Crippen LogP) is 1.86. The fourth-order valence-electron chi connectivity index (χ4n) is 3.55. The van der Waals surface area contributed by atoms with Crippen LogP contribution in [0.25, 0.3) is 11.4 Å². The molecule has 2 aromatic rings. The van der Waals surface area contributed by atoms with Crippen molar-refractivity contribution < 1.29 is 14.1 Å². The van der Waals surface area contributed by atoms with Gasteiger partial charge in [0.25, 0.3) is 0 Å². The summed E-state index contributed by atoms with van der Waals surface area (Å²) in [6.07, 6.45) is 3.73. The minimum Gasteiger partial charge on any atom is -0.344 e. The number of carbonyl (C=O) groups is 2. The summed E-state index contributed by atoms with van der Waals surface area (Å²) >= 11 is 1.60. The maximum Gasteiger partial charge on any atom is 0.245 e. The summed E-state index contributed by atoms with van der Waals surface area (Å²) in [6, 6.07) is 1.62. The average Bonchev–Trinajstić information content (AvgIpc) is 3.35. The molecule has 7 nitrogen and oxygen atoms in total. The van der Waals surface area contributed by atoms with Crippen LogP contribution in [0.4, 0.5) is 0 Å². The lowest BCUT2D eigenvalue weighted by Crippen LogP contribution is -2.48. The number of amides is 2. The van der Waals surface area contributed by atoms with Gasteiger partial charge < -0.3 is 14.7 Å². The van der Waals surface area contributed by atoms with Gasteiger partial charge in [0.2, 0.25) is 23.5 Å². The molecule has 2 fully saturated rings. The van der Waals surface area contributed by atoms with Crippen LogP contribution in [0, 0.1) is 5.92 Å². The second-order valence-electron chi connectivity index (χ2n) is 6.68. The van der Waals surface area contributed by atoms with Gasteiger partial charge in [0, 0.05) is 36.9 Å². The Kier molecular flexibility index (Phi) is 4.52. The van der Waals surface area contributed by atoms with Gasteiger partial charge in [-0.15, -0.1) is 0 Å². The SMILES string of the molecule is O=C1CCC(C(=O)N2CCCC(Cc3nc(-c4ccsc4)no3)C2)N1. The smallest absolute Gasteiger partial charge is 0.245 e. The Bertz CT molecular complexity index is 758. The van der Waals surface area contributed by atoms with Crippen molar-refractivity contribution in [3.05, 3.63) is 22.7 Å². The summed E-state index contributed by atoms with van der Waals surface area (Å²) in [5.41, 5.74) is 0.970. The molecule has 2 aliphatic rings. The van der Waals surface area contributed by atoms with Crippen molar-refractivity contribution in [2.75, 3.05) is 13.1 Å². The number of thiophene rings is 1. The van der Waals surface area contributed by atoms with Gasteiger partial charge in [0.05, 0.1) is 0 Å². The number of nitrogens with zero attached hydrogens (tertiary/aromatic N) is 3. The molecule has 2 saturated heterocycles. The highest BCUT2D eigenvalue weighted by molar-refractivity contribution is 7.08. The summed E-state index contributed by atoms with van der Waals surface area (Å²) in [7, 11) is 0. The number of piperidine rings is 1. The van der Waals surface area contributed by atoms with E-state index in [0.717, 1.165) is 24.9 Å². The second kappa shape index (κ2) is 6.95. The van der Waals surface area contributed by atoms with Crippen LogP contribution < -0.4 is 5.32 Å². The Labute approximate surface area is 149 Å². The molecule has 0 saturated carbocycles. The highest BCUT2D eigenvalue weighted by atomic mass is 32.1. The topological polar surface area (TPSA) is 88.3 Å². The molecule has 1 N–H and O–H groups in total. The van der Waals surface area contributed by atoms with E-state index in [0.29, 0.717) is 43.4 Å². The van der Waals surface area contributed by atoms with Crippen LogP contribution in [0.5, 0.6) is 0 Å². The third-order valence-electron chi connectivity index (χ3n) is 4.83. The molecule has 2 amide bonds. The zero-order valence-corrected chi connectivity index (χ0v) is 14.6. The first-order valence-electron chi connectivity index (χ1n) is 8.62. The number of likely N-dealkylation sites (tertiary alicyclic amines) is 1. The van der Waals surface area contributed by atoms with Gasteiger partial charge in [0.1, 0.15) is 6.04 Å². The molecule has 4 heterocycles. The number of rotatable bonds is 4. The molecule has 2 aliphatic heterocycles. The summed E-state index contributed by atoms with van der Waals surface area (Å²) < 4.78 is 5.38. The van der Waals surface area contributed by atoms with Gasteiger partial charge in [-0.3, -0.25) is 9.59 Å². The van der Waals surface area contributed by atoms with E-state index in [1.54, 1.807) is 11.3 Å². The molecule has 0 spiro atoms. The molecule has 0 radical (unpaired) electrons. The fourth-order valence-corrected chi connectivity index (χ4v) is 4.18. The Morgan fingerprint density at radius 2 is 2.36 bits per heavy atom. The van der Waals surface area contributed by atoms with Crippen LogP contribution in [0.2, 0.25) is 0 Å². The first-order chi connectivity index (χ1) is 12.2. The molecular weight excluding hydrogens is 340 g/mol. The fraction of sp³-hybridized carbons (Fsp3) is 0.529. The molecule has 0 aliphatic carbocycles. The minimum absolute atomic E-state index is 0.0290. The highest BCUT2D eigenvalue weighted by Gasteiger charge is 2.33. The monoisotopic (exact) mass is 360 g/mol. The van der Waals surface area contributed by atoms with E-state index in [2.05, 4.69) is 15.5 Å². The molecular formula is C17H20N4O3S. The molecule has 2 atom stereocenters. The van der Waals surface area contributed by atoms with Crippen LogP contribution in [0.3, 0.4) is 0 Å². The van der Waals surface area contributed by atoms with Gasteiger partial charge in [-0.25, -0.2) is 0 Å². The van der Waals surface area contributed by atoms with Crippen molar-refractivity contribution in [3.63, 3.8) is 0 Å². The molecule has 4 rings (SSSR count). The lowest BCUT2D eigenvalue weighted by Gasteiger charge is -2.33. The number of hydrogen-bond acceptors (Lipinski definition) is 6. The van der Waals surface area contributed by atoms with E-state index in [4.69, 9.17) is 4.52 Å². The quantitative estimate of drug-likeness (QED) is 0.899. The van der Waals surface area contributed by atoms with Crippen molar-refractivity contribution in [1.82, 2.24) is 20.4 Å². The zero-order valence-electron chi connectivity index (χ0n) is 13.8. The molecule has 0 aromatic carbocycles. The summed E-state index contributed by atoms with van der Waals surface area (Å²) in [4.78, 5) is 30.2. The van der Waals surface area contributed by atoms with Gasteiger partial charge in [-0.05, 0) is 36.6 Å². The Hall–Kier alpha value is -2.22. The molecule has 2 aromatic heterocycles. The second-order valence-corrected chi connectivity index (χ2v) is 7.46. The van der Waals surface area contributed by atoms with Gasteiger partial charge in [-0.1, -0.05) is 5.16 Å². The largest absolute Gasteiger partial charge is 0.344 e. The first kappa shape index (κ1) is 16.3.